The van der Waals surface area contributed by atoms with Gasteiger partial charge in [-0.2, -0.15) is 0 Å². The van der Waals surface area contributed by atoms with E-state index in [1.165, 1.54) is 11.6 Å². The van der Waals surface area contributed by atoms with Crippen LogP contribution in [0.15, 0.2) is 53.0 Å². The highest BCUT2D eigenvalue weighted by Crippen LogP contribution is 2.27. The highest BCUT2D eigenvalue weighted by Gasteiger charge is 2.15. The van der Waals surface area contributed by atoms with Gasteiger partial charge < -0.3 is 5.32 Å². The molecule has 3 heteroatoms. The first-order valence-corrected chi connectivity index (χ1v) is 7.72. The molecule has 2 rings (SSSR count). The van der Waals surface area contributed by atoms with E-state index in [9.17, 15) is 4.39 Å². The van der Waals surface area contributed by atoms with Crippen molar-refractivity contribution in [2.75, 3.05) is 6.54 Å². The van der Waals surface area contributed by atoms with Crippen LogP contribution in [0.2, 0.25) is 0 Å². The fourth-order valence-electron chi connectivity index (χ4n) is 2.24. The van der Waals surface area contributed by atoms with Gasteiger partial charge in [-0.25, -0.2) is 4.39 Å². The van der Waals surface area contributed by atoms with Gasteiger partial charge in [-0.05, 0) is 48.7 Å². The van der Waals surface area contributed by atoms with E-state index in [4.69, 9.17) is 0 Å². The summed E-state index contributed by atoms with van der Waals surface area (Å²) in [6.45, 7) is 3.05. The number of nitrogens with one attached hydrogen (secondary N) is 1. The van der Waals surface area contributed by atoms with Gasteiger partial charge in [0.25, 0.3) is 0 Å². The molecule has 0 aromatic heterocycles. The third-order valence-electron chi connectivity index (χ3n) is 3.26. The van der Waals surface area contributed by atoms with Crippen LogP contribution in [0, 0.1) is 5.82 Å². The van der Waals surface area contributed by atoms with Crippen LogP contribution in [0.3, 0.4) is 0 Å². The van der Waals surface area contributed by atoms with Crippen molar-refractivity contribution in [3.05, 3.63) is 69.9 Å². The van der Waals surface area contributed by atoms with Crippen molar-refractivity contribution in [1.29, 1.82) is 0 Å². The smallest absolute Gasteiger partial charge is 0.123 e. The van der Waals surface area contributed by atoms with Gasteiger partial charge in [-0.1, -0.05) is 53.2 Å². The van der Waals surface area contributed by atoms with E-state index >= 15 is 0 Å². The third-order valence-corrected chi connectivity index (χ3v) is 3.98. The second-order valence-electron chi connectivity index (χ2n) is 4.86. The molecule has 0 fully saturated rings. The molecule has 0 aliphatic carbocycles. The Morgan fingerprint density at radius 3 is 2.60 bits per heavy atom. The predicted octanol–water partition coefficient (Wildman–Crippen LogP) is 4.87. The van der Waals surface area contributed by atoms with Crippen LogP contribution in [-0.4, -0.2) is 6.54 Å². The van der Waals surface area contributed by atoms with Gasteiger partial charge in [0, 0.05) is 10.5 Å². The first kappa shape index (κ1) is 15.2. The van der Waals surface area contributed by atoms with E-state index < -0.39 is 0 Å². The summed E-state index contributed by atoms with van der Waals surface area (Å²) in [7, 11) is 0. The maximum absolute atomic E-state index is 13.5. The zero-order chi connectivity index (χ0) is 14.4. The van der Waals surface area contributed by atoms with Gasteiger partial charge in [0.05, 0.1) is 0 Å². The van der Waals surface area contributed by atoms with Gasteiger partial charge in [0.2, 0.25) is 0 Å². The van der Waals surface area contributed by atoms with Crippen molar-refractivity contribution in [3.8, 4) is 0 Å². The van der Waals surface area contributed by atoms with Gasteiger partial charge in [-0.15, -0.1) is 0 Å². The fraction of sp³-hybridized carbons (Fsp3) is 0.294. The zero-order valence-corrected chi connectivity index (χ0v) is 13.2. The first-order valence-electron chi connectivity index (χ1n) is 6.93. The Bertz CT molecular complexity index is 542. The average Bonchev–Trinajstić information content (AvgIpc) is 2.47. The maximum atomic E-state index is 13.5. The fourth-order valence-corrected chi connectivity index (χ4v) is 2.77. The number of hydrogen-bond acceptors (Lipinski definition) is 1. The van der Waals surface area contributed by atoms with E-state index in [1.54, 1.807) is 12.1 Å². The van der Waals surface area contributed by atoms with E-state index in [0.29, 0.717) is 0 Å². The Morgan fingerprint density at radius 1 is 1.15 bits per heavy atom. The number of halogens is 2. The molecular formula is C17H19BrFN. The summed E-state index contributed by atoms with van der Waals surface area (Å²) in [4.78, 5) is 0. The number of hydrogen-bond donors (Lipinski definition) is 1. The van der Waals surface area contributed by atoms with Crippen molar-refractivity contribution >= 4 is 15.9 Å². The predicted molar refractivity (Wildman–Crippen MR) is 85.3 cm³/mol. The van der Waals surface area contributed by atoms with Crippen LogP contribution < -0.4 is 5.32 Å². The molecule has 0 saturated heterocycles. The molecule has 0 heterocycles. The molecule has 0 aliphatic heterocycles. The Balaban J connectivity index is 2.24. The van der Waals surface area contributed by atoms with Crippen LogP contribution >= 0.6 is 15.9 Å². The monoisotopic (exact) mass is 335 g/mol. The van der Waals surface area contributed by atoms with Crippen molar-refractivity contribution in [1.82, 2.24) is 5.32 Å². The molecule has 1 nitrogen and oxygen atoms in total. The second kappa shape index (κ2) is 7.55. The van der Waals surface area contributed by atoms with E-state index in [-0.39, 0.29) is 11.9 Å². The largest absolute Gasteiger partial charge is 0.310 e. The molecule has 20 heavy (non-hydrogen) atoms. The van der Waals surface area contributed by atoms with Crippen molar-refractivity contribution in [2.45, 2.75) is 25.8 Å². The van der Waals surface area contributed by atoms with Crippen LogP contribution in [0.4, 0.5) is 4.39 Å². The highest BCUT2D eigenvalue weighted by atomic mass is 79.9. The van der Waals surface area contributed by atoms with E-state index in [0.717, 1.165) is 29.4 Å². The van der Waals surface area contributed by atoms with Gasteiger partial charge in [0.1, 0.15) is 5.82 Å². The first-order chi connectivity index (χ1) is 9.70. The van der Waals surface area contributed by atoms with Crippen molar-refractivity contribution < 1.29 is 4.39 Å². The molecule has 0 spiro atoms. The molecule has 2 aromatic carbocycles. The SMILES string of the molecule is CCCNC(Cc1ccccc1)c1cc(F)ccc1Br. The molecule has 1 unspecified atom stereocenters. The molecule has 0 aliphatic rings. The summed E-state index contributed by atoms with van der Waals surface area (Å²) in [6, 6.07) is 15.3. The van der Waals surface area contributed by atoms with Crippen LogP contribution in [0.1, 0.15) is 30.5 Å². The highest BCUT2D eigenvalue weighted by molar-refractivity contribution is 9.10. The maximum Gasteiger partial charge on any atom is 0.123 e. The summed E-state index contributed by atoms with van der Waals surface area (Å²) in [6.07, 6.45) is 1.90. The Kier molecular flexibility index (Phi) is 5.74. The Labute approximate surface area is 128 Å². The topological polar surface area (TPSA) is 12.0 Å². The lowest BCUT2D eigenvalue weighted by Crippen LogP contribution is -2.24. The summed E-state index contributed by atoms with van der Waals surface area (Å²) < 4.78 is 14.5. The van der Waals surface area contributed by atoms with Gasteiger partial charge in [-0.3, -0.25) is 0 Å². The summed E-state index contributed by atoms with van der Waals surface area (Å²) >= 11 is 3.53. The van der Waals surface area contributed by atoms with Crippen LogP contribution in [0.5, 0.6) is 0 Å². The van der Waals surface area contributed by atoms with Crippen LogP contribution in [-0.2, 0) is 6.42 Å². The Morgan fingerprint density at radius 2 is 1.90 bits per heavy atom. The molecule has 2 aromatic rings. The minimum Gasteiger partial charge on any atom is -0.310 e. The second-order valence-corrected chi connectivity index (χ2v) is 5.72. The van der Waals surface area contributed by atoms with Gasteiger partial charge in [0.15, 0.2) is 0 Å². The van der Waals surface area contributed by atoms with E-state index in [2.05, 4.69) is 40.3 Å². The Hall–Kier alpha value is -1.19. The molecule has 0 radical (unpaired) electrons. The number of benzene rings is 2. The summed E-state index contributed by atoms with van der Waals surface area (Å²) in [5.74, 6) is -0.195. The molecule has 0 amide bonds. The van der Waals surface area contributed by atoms with Crippen molar-refractivity contribution in [2.24, 2.45) is 0 Å². The van der Waals surface area contributed by atoms with Crippen molar-refractivity contribution in [3.63, 3.8) is 0 Å². The van der Waals surface area contributed by atoms with E-state index in [1.807, 2.05) is 18.2 Å². The standard InChI is InChI=1S/C17H19BrFN/c1-2-10-20-17(11-13-6-4-3-5-7-13)15-12-14(19)8-9-16(15)18/h3-9,12,17,20H,2,10-11H2,1H3. The molecule has 0 saturated carbocycles. The minimum absolute atomic E-state index is 0.113. The van der Waals surface area contributed by atoms with Crippen LogP contribution in [0.25, 0.3) is 0 Å². The molecule has 106 valence electrons. The summed E-state index contributed by atoms with van der Waals surface area (Å²) in [5.41, 5.74) is 2.22. The molecule has 1 atom stereocenters. The zero-order valence-electron chi connectivity index (χ0n) is 11.6. The molecular weight excluding hydrogens is 317 g/mol. The van der Waals surface area contributed by atoms with Gasteiger partial charge >= 0.3 is 0 Å². The lowest BCUT2D eigenvalue weighted by atomic mass is 9.98. The lowest BCUT2D eigenvalue weighted by molar-refractivity contribution is 0.522. The lowest BCUT2D eigenvalue weighted by Gasteiger charge is -2.20. The number of rotatable bonds is 6. The quantitative estimate of drug-likeness (QED) is 0.793. The third kappa shape index (κ3) is 4.15. The molecule has 1 N–H and O–H groups in total. The summed E-state index contributed by atoms with van der Waals surface area (Å²) in [5, 5.41) is 3.51. The minimum atomic E-state index is -0.195. The molecule has 0 bridgehead atoms. The average molecular weight is 336 g/mol. The normalized spacial score (nSPS) is 12.3.